The van der Waals surface area contributed by atoms with Crippen LogP contribution in [-0.4, -0.2) is 10.8 Å². The first-order chi connectivity index (χ1) is 5.34. The number of ketones is 1. The first kappa shape index (κ1) is 7.95. The number of nitrogens with zero attached hydrogens (tertiary/aromatic N) is 1. The van der Waals surface area contributed by atoms with E-state index in [0.717, 1.165) is 0 Å². The van der Waals surface area contributed by atoms with Gasteiger partial charge in [0.25, 0.3) is 0 Å². The number of halogens is 1. The molecular formula is C8H6ClNO. The zero-order valence-electron chi connectivity index (χ0n) is 5.70. The largest absolute Gasteiger partial charge is 0.289 e. The van der Waals surface area contributed by atoms with Crippen LogP contribution in [-0.2, 0) is 0 Å². The van der Waals surface area contributed by atoms with Crippen molar-refractivity contribution in [3.8, 4) is 0 Å². The highest BCUT2D eigenvalue weighted by molar-refractivity contribution is 6.27. The Balaban J connectivity index is 2.86. The molecule has 0 radical (unpaired) electrons. The van der Waals surface area contributed by atoms with E-state index in [1.807, 2.05) is 0 Å². The van der Waals surface area contributed by atoms with E-state index in [1.54, 1.807) is 18.3 Å². The molecule has 0 aliphatic heterocycles. The Bertz CT molecular complexity index is 269. The molecule has 11 heavy (non-hydrogen) atoms. The number of carbonyl (C=O) groups excluding carboxylic acids is 1. The van der Waals surface area contributed by atoms with Crippen LogP contribution in [0.3, 0.4) is 0 Å². The van der Waals surface area contributed by atoms with E-state index >= 15 is 0 Å². The van der Waals surface area contributed by atoms with E-state index in [1.165, 1.54) is 17.8 Å². The molecule has 1 aromatic rings. The highest BCUT2D eigenvalue weighted by Crippen LogP contribution is 1.98. The lowest BCUT2D eigenvalue weighted by atomic mass is 10.2. The lowest BCUT2D eigenvalue weighted by Gasteiger charge is -1.90. The minimum absolute atomic E-state index is 0.131. The van der Waals surface area contributed by atoms with Gasteiger partial charge in [-0.05, 0) is 18.2 Å². The van der Waals surface area contributed by atoms with Gasteiger partial charge in [-0.1, -0.05) is 11.6 Å². The molecule has 1 aromatic heterocycles. The smallest absolute Gasteiger partial charge is 0.188 e. The second-order valence-electron chi connectivity index (χ2n) is 1.90. The predicted octanol–water partition coefficient (Wildman–Crippen LogP) is 2.02. The van der Waals surface area contributed by atoms with Gasteiger partial charge in [0.1, 0.15) is 0 Å². The third kappa shape index (κ3) is 2.16. The lowest BCUT2D eigenvalue weighted by Crippen LogP contribution is -1.93. The molecule has 0 atom stereocenters. The molecular weight excluding hydrogens is 162 g/mol. The zero-order chi connectivity index (χ0) is 8.10. The summed E-state index contributed by atoms with van der Waals surface area (Å²) in [5.74, 6) is -0.131. The van der Waals surface area contributed by atoms with Crippen LogP contribution in [0.15, 0.2) is 36.1 Å². The molecule has 0 aromatic carbocycles. The van der Waals surface area contributed by atoms with Gasteiger partial charge in [0.15, 0.2) is 5.78 Å². The van der Waals surface area contributed by atoms with Crippen molar-refractivity contribution in [1.82, 2.24) is 4.98 Å². The van der Waals surface area contributed by atoms with Crippen LogP contribution in [0.4, 0.5) is 0 Å². The molecule has 0 saturated heterocycles. The van der Waals surface area contributed by atoms with Crippen LogP contribution in [0, 0.1) is 0 Å². The topological polar surface area (TPSA) is 30.0 Å². The van der Waals surface area contributed by atoms with Gasteiger partial charge >= 0.3 is 0 Å². The number of hydrogen-bond acceptors (Lipinski definition) is 2. The fourth-order valence-corrected chi connectivity index (χ4v) is 0.776. The molecule has 0 bridgehead atoms. The number of carbonyl (C=O) groups is 1. The molecule has 0 aliphatic carbocycles. The monoisotopic (exact) mass is 167 g/mol. The minimum Gasteiger partial charge on any atom is -0.289 e. The zero-order valence-corrected chi connectivity index (χ0v) is 6.45. The van der Waals surface area contributed by atoms with E-state index in [0.29, 0.717) is 5.56 Å². The van der Waals surface area contributed by atoms with Crippen LogP contribution < -0.4 is 0 Å². The highest BCUT2D eigenvalue weighted by Gasteiger charge is 1.98. The molecule has 3 heteroatoms. The molecule has 0 fully saturated rings. The van der Waals surface area contributed by atoms with Gasteiger partial charge in [-0.3, -0.25) is 9.78 Å². The third-order valence-electron chi connectivity index (χ3n) is 1.16. The number of pyridine rings is 1. The molecule has 56 valence electrons. The van der Waals surface area contributed by atoms with Gasteiger partial charge in [-0.25, -0.2) is 0 Å². The highest BCUT2D eigenvalue weighted by atomic mass is 35.5. The molecule has 0 saturated carbocycles. The van der Waals surface area contributed by atoms with E-state index in [2.05, 4.69) is 4.98 Å². The summed E-state index contributed by atoms with van der Waals surface area (Å²) in [4.78, 5) is 14.8. The SMILES string of the molecule is O=C(C=CCl)c1cccnc1. The number of rotatable bonds is 2. The summed E-state index contributed by atoms with van der Waals surface area (Å²) in [6.45, 7) is 0. The van der Waals surface area contributed by atoms with Crippen LogP contribution >= 0.6 is 11.6 Å². The third-order valence-corrected chi connectivity index (χ3v) is 1.29. The van der Waals surface area contributed by atoms with E-state index < -0.39 is 0 Å². The van der Waals surface area contributed by atoms with Crippen molar-refractivity contribution in [2.45, 2.75) is 0 Å². The quantitative estimate of drug-likeness (QED) is 0.498. The van der Waals surface area contributed by atoms with Crippen molar-refractivity contribution in [3.63, 3.8) is 0 Å². The number of allylic oxidation sites excluding steroid dienone is 1. The lowest BCUT2D eigenvalue weighted by molar-refractivity contribution is 0.104. The van der Waals surface area contributed by atoms with E-state index in [-0.39, 0.29) is 5.78 Å². The maximum absolute atomic E-state index is 11.0. The summed E-state index contributed by atoms with van der Waals surface area (Å²) in [7, 11) is 0. The van der Waals surface area contributed by atoms with Crippen molar-refractivity contribution in [3.05, 3.63) is 41.7 Å². The Hall–Kier alpha value is -1.15. The van der Waals surface area contributed by atoms with Crippen molar-refractivity contribution < 1.29 is 4.79 Å². The van der Waals surface area contributed by atoms with Gasteiger partial charge in [-0.15, -0.1) is 0 Å². The van der Waals surface area contributed by atoms with Crippen molar-refractivity contribution in [1.29, 1.82) is 0 Å². The summed E-state index contributed by atoms with van der Waals surface area (Å²) in [6, 6.07) is 3.39. The Labute approximate surface area is 69.5 Å². The van der Waals surface area contributed by atoms with Gasteiger partial charge < -0.3 is 0 Å². The van der Waals surface area contributed by atoms with Crippen molar-refractivity contribution in [2.24, 2.45) is 0 Å². The van der Waals surface area contributed by atoms with E-state index in [4.69, 9.17) is 11.6 Å². The van der Waals surface area contributed by atoms with E-state index in [9.17, 15) is 4.79 Å². The Morgan fingerprint density at radius 3 is 3.00 bits per heavy atom. The molecule has 0 aliphatic rings. The fourth-order valence-electron chi connectivity index (χ4n) is 0.662. The molecule has 0 unspecified atom stereocenters. The van der Waals surface area contributed by atoms with Crippen LogP contribution in [0.1, 0.15) is 10.4 Å². The average Bonchev–Trinajstić information content (AvgIpc) is 2.07. The maximum atomic E-state index is 11.0. The molecule has 0 N–H and O–H groups in total. The number of aromatic nitrogens is 1. The van der Waals surface area contributed by atoms with Gasteiger partial charge in [0.2, 0.25) is 0 Å². The standard InChI is InChI=1S/C8H6ClNO/c9-4-3-8(11)7-2-1-5-10-6-7/h1-6H. The van der Waals surface area contributed by atoms with Crippen LogP contribution in [0.5, 0.6) is 0 Å². The maximum Gasteiger partial charge on any atom is 0.188 e. The van der Waals surface area contributed by atoms with Gasteiger partial charge in [0.05, 0.1) is 0 Å². The Kier molecular flexibility index (Phi) is 2.81. The summed E-state index contributed by atoms with van der Waals surface area (Å²) in [5.41, 5.74) is 1.74. The first-order valence-electron chi connectivity index (χ1n) is 3.05. The first-order valence-corrected chi connectivity index (χ1v) is 3.49. The molecule has 0 spiro atoms. The summed E-state index contributed by atoms with van der Waals surface area (Å²) < 4.78 is 0. The summed E-state index contributed by atoms with van der Waals surface area (Å²) >= 11 is 5.22. The normalized spacial score (nSPS) is 10.3. The average molecular weight is 168 g/mol. The van der Waals surface area contributed by atoms with Gasteiger partial charge in [0, 0.05) is 23.5 Å². The summed E-state index contributed by atoms with van der Waals surface area (Å²) in [6.07, 6.45) is 4.40. The Morgan fingerprint density at radius 2 is 2.45 bits per heavy atom. The Morgan fingerprint density at radius 1 is 1.64 bits per heavy atom. The second-order valence-corrected chi connectivity index (χ2v) is 2.15. The predicted molar refractivity (Wildman–Crippen MR) is 43.6 cm³/mol. The second kappa shape index (κ2) is 3.88. The molecule has 2 nitrogen and oxygen atoms in total. The molecule has 0 amide bonds. The fraction of sp³-hybridized carbons (Fsp3) is 0. The molecule has 1 rings (SSSR count). The number of hydrogen-bond donors (Lipinski definition) is 0. The molecule has 1 heterocycles. The van der Waals surface area contributed by atoms with Gasteiger partial charge in [-0.2, -0.15) is 0 Å². The van der Waals surface area contributed by atoms with Crippen molar-refractivity contribution in [2.75, 3.05) is 0 Å². The van der Waals surface area contributed by atoms with Crippen LogP contribution in [0.25, 0.3) is 0 Å². The van der Waals surface area contributed by atoms with Crippen molar-refractivity contribution >= 4 is 17.4 Å². The summed E-state index contributed by atoms with van der Waals surface area (Å²) in [5, 5.41) is 0. The minimum atomic E-state index is -0.131. The van der Waals surface area contributed by atoms with Crippen LogP contribution in [0.2, 0.25) is 0 Å².